The van der Waals surface area contributed by atoms with Gasteiger partial charge in [-0.05, 0) is 0 Å². The first-order chi connectivity index (χ1) is 55.9. The maximum atomic E-state index is 13.3. The van der Waals surface area contributed by atoms with E-state index < -0.39 is 361 Å². The highest BCUT2D eigenvalue weighted by atomic mass is 32.3. The molecule has 0 spiro atoms. The van der Waals surface area contributed by atoms with Crippen molar-refractivity contribution >= 4 is 89.1 Å². The molecular formula is C56H86N4O57S4. The van der Waals surface area contributed by atoms with E-state index in [1.165, 1.54) is 0 Å². The molecule has 0 aromatic carbocycles. The van der Waals surface area contributed by atoms with Crippen LogP contribution >= 0.6 is 0 Å². The summed E-state index contributed by atoms with van der Waals surface area (Å²) in [6, 6.07) is -8.86. The average Bonchev–Trinajstić information content (AvgIpc) is 0.759. The Morgan fingerprint density at radius 1 is 0.256 bits per heavy atom. The zero-order valence-corrected chi connectivity index (χ0v) is 64.9. The molecule has 4 amide bonds. The minimum Gasteiger partial charge on any atom is -0.479 e. The molecule has 65 heteroatoms. The molecule has 0 aromatic rings. The number of aliphatic hydroxyl groups excluding tert-OH is 14. The first-order valence-electron chi connectivity index (χ1n) is 34.7. The number of hydrogen-bond donors (Lipinski definition) is 26. The van der Waals surface area contributed by atoms with Crippen LogP contribution in [-0.4, -0.2) is 463 Å². The smallest absolute Gasteiger partial charge is 0.397 e. The molecule has 8 aliphatic rings. The van der Waals surface area contributed by atoms with Gasteiger partial charge in [-0.2, -0.15) is 33.7 Å². The summed E-state index contributed by atoms with van der Waals surface area (Å²) in [4.78, 5) is 102. The van der Waals surface area contributed by atoms with Gasteiger partial charge in [0, 0.05) is 27.7 Å². The molecule has 0 saturated carbocycles. The molecule has 26 N–H and O–H groups in total. The predicted octanol–water partition coefficient (Wildman–Crippen LogP) is -18.2. The van der Waals surface area contributed by atoms with E-state index >= 15 is 0 Å². The number of nitrogens with one attached hydrogen (secondary N) is 4. The lowest BCUT2D eigenvalue weighted by atomic mass is 9.93. The summed E-state index contributed by atoms with van der Waals surface area (Å²) in [5.41, 5.74) is 0. The molecule has 8 aliphatic heterocycles. The third-order valence-corrected chi connectivity index (χ3v) is 20.7. The van der Waals surface area contributed by atoms with Crippen LogP contribution in [0.3, 0.4) is 0 Å². The molecule has 8 rings (SSSR count). The van der Waals surface area contributed by atoms with E-state index in [-0.39, 0.29) is 0 Å². The van der Waals surface area contributed by atoms with Gasteiger partial charge >= 0.3 is 65.5 Å². The summed E-state index contributed by atoms with van der Waals surface area (Å²) < 4.78 is 234. The van der Waals surface area contributed by atoms with Gasteiger partial charge < -0.3 is 184 Å². The molecule has 61 nitrogen and oxygen atoms in total. The Morgan fingerprint density at radius 2 is 0.463 bits per heavy atom. The number of hydrogen-bond acceptors (Lipinski definition) is 49. The molecule has 40 atom stereocenters. The standard InChI is InChI=1S/C56H86N4O57S4/c1-9(61)57-17-22(66)21(65)13(5-99-118(87,88)89)103-50(17)112-38-27(71)31(75)54(115-42(38)46(80)81)109-35-15(7-101-120(93,94)95)105-52(19(24(35)68)59-11(3)63)114-40-29(73)33(77)56(117-44(40)48(84)85)110-36-16(8-102-121(96,97)98)106-53(20(25(36)69)60-12(4)64)113-39-28(72)32(76)55(116-43(39)47(82)83)108-34-14(6-100-119(90,91)92)104-51(18(23(34)67)58-10(2)62)111-37-26(70)30(74)49(86)107-41(37)45(78)79/h13-44,49-56,65-77,86H,5-8H2,1-4H3,(H,57,61)(H,58,62)(H,59,63)(H,60,64)(H,78,79)(H,80,81)(H,82,83)(H,84,85)(H,87,88,89)(H,90,91,92)(H,93,94,95)(H,96,97,98)/t13-,14-,15-,16-,17-,18-,19-,20-,21-,22-,23-,24-,25-,26-,27-,28-,29-,30-,31-,32-,33-,34-,35-,36-,37+,38+,39+,40+,41-,42+,43+,44-,49+,50-,51-,52-,53-,54-,55-,56+/m1/s1. The Bertz CT molecular complexity index is 4100. The molecule has 696 valence electrons. The molecule has 8 saturated heterocycles. The first kappa shape index (κ1) is 100. The van der Waals surface area contributed by atoms with Crippen LogP contribution in [0.25, 0.3) is 0 Å². The minimum atomic E-state index is -5.71. The van der Waals surface area contributed by atoms with E-state index in [1.54, 1.807) is 0 Å². The number of carboxylic acid groups (broad SMARTS) is 4. The van der Waals surface area contributed by atoms with E-state index in [9.17, 15) is 178 Å². The van der Waals surface area contributed by atoms with E-state index in [0.717, 1.165) is 20.8 Å². The minimum absolute atomic E-state index is 0.713. The molecule has 0 radical (unpaired) electrons. The van der Waals surface area contributed by atoms with Crippen molar-refractivity contribution in [3.05, 3.63) is 0 Å². The van der Waals surface area contributed by atoms with Crippen LogP contribution in [-0.2, 0) is 168 Å². The lowest BCUT2D eigenvalue weighted by Gasteiger charge is -2.50. The van der Waals surface area contributed by atoms with Crippen molar-refractivity contribution in [2.24, 2.45) is 0 Å². The lowest BCUT2D eigenvalue weighted by molar-refractivity contribution is -0.381. The van der Waals surface area contributed by atoms with Crippen molar-refractivity contribution < 1.29 is 270 Å². The van der Waals surface area contributed by atoms with E-state index in [0.29, 0.717) is 6.92 Å². The van der Waals surface area contributed by atoms with Crippen molar-refractivity contribution in [2.75, 3.05) is 26.4 Å². The number of ether oxygens (including phenoxy) is 15. The molecular weight excluding hydrogens is 1770 g/mol. The SMILES string of the molecule is CC(=O)N[C@H]1[C@@H](O[C@H]2[C@H](O)[C@@H](O)[C@@H](O)O[C@H]2C(=O)O)O[C@H](COS(=O)(=O)O)[C@@H](O[C@@H]2O[C@H](C(=O)O)[C@@H](O[C@H]3O[C@H](COS(=O)(=O)O)[C@@H](O[C@H]4O[C@@H](C(=O)O)[C@@H](O[C@H]5O[C@H](COS(=O)(=O)O)[C@@H](O[C@@H]6O[C@H](C(=O)O)[C@@H](O[C@H]7O[C@H](COS(=O)(=O)O)[C@@H](O)[C@H](O)[C@H]7NC(C)=O)[C@H](O)[C@H]6O)[C@H](O)[C@H]5NC(C)=O)[C@H](O)[C@H]4O)[C@H](O)[C@H]3NC(C)=O)[C@H](O)[C@H]2O)[C@@H]1O. The highest BCUT2D eigenvalue weighted by Gasteiger charge is 2.63. The quantitative estimate of drug-likeness (QED) is 0.0266. The van der Waals surface area contributed by atoms with Gasteiger partial charge in [-0.25, -0.2) is 35.9 Å². The second-order valence-electron chi connectivity index (χ2n) is 27.6. The Labute approximate surface area is 677 Å². The van der Waals surface area contributed by atoms with E-state index in [4.69, 9.17) is 75.6 Å². The first-order valence-corrected chi connectivity index (χ1v) is 40.2. The topological polar surface area (TPSA) is 942 Å². The van der Waals surface area contributed by atoms with Crippen molar-refractivity contribution in [1.82, 2.24) is 21.3 Å². The second kappa shape index (κ2) is 40.8. The number of rotatable bonds is 34. The molecule has 8 fully saturated rings. The second-order valence-corrected chi connectivity index (χ2v) is 31.9. The number of aliphatic hydroxyl groups is 14. The number of carbonyl (C=O) groups excluding carboxylic acids is 4. The fraction of sp³-hybridized carbons (Fsp3) is 0.857. The number of carboxylic acids is 4. The third-order valence-electron chi connectivity index (χ3n) is 18.9. The van der Waals surface area contributed by atoms with Gasteiger partial charge in [0.2, 0.25) is 23.6 Å². The van der Waals surface area contributed by atoms with Gasteiger partial charge in [0.25, 0.3) is 0 Å². The fourth-order valence-electron chi connectivity index (χ4n) is 13.6. The molecule has 121 heavy (non-hydrogen) atoms. The van der Waals surface area contributed by atoms with Crippen molar-refractivity contribution in [3.8, 4) is 0 Å². The largest absolute Gasteiger partial charge is 0.479 e. The third kappa shape index (κ3) is 25.3. The van der Waals surface area contributed by atoms with Gasteiger partial charge in [-0.15, -0.1) is 0 Å². The Kier molecular flexibility index (Phi) is 33.9. The fourth-order valence-corrected chi connectivity index (χ4v) is 14.8. The van der Waals surface area contributed by atoms with Crippen LogP contribution in [0.1, 0.15) is 27.7 Å². The number of amides is 4. The van der Waals surface area contributed by atoms with E-state index in [2.05, 4.69) is 32.7 Å². The molecule has 0 aromatic heterocycles. The average molecular weight is 1860 g/mol. The van der Waals surface area contributed by atoms with Crippen LogP contribution in [0.4, 0.5) is 0 Å². The van der Waals surface area contributed by atoms with Gasteiger partial charge in [0.05, 0.1) is 26.4 Å². The summed E-state index contributed by atoms with van der Waals surface area (Å²) in [5.74, 6) is -13.2. The van der Waals surface area contributed by atoms with Crippen LogP contribution < -0.4 is 21.3 Å². The summed E-state index contributed by atoms with van der Waals surface area (Å²) in [7, 11) is -22.3. The molecule has 0 aliphatic carbocycles. The van der Waals surface area contributed by atoms with Crippen LogP contribution in [0.15, 0.2) is 0 Å². The molecule has 8 heterocycles. The summed E-state index contributed by atoms with van der Waals surface area (Å²) in [5, 5.41) is 209. The van der Waals surface area contributed by atoms with Crippen LogP contribution in [0, 0.1) is 0 Å². The summed E-state index contributed by atoms with van der Waals surface area (Å²) in [6.07, 6.45) is -92.0. The Balaban J connectivity index is 1.03. The Hall–Kier alpha value is -5.92. The van der Waals surface area contributed by atoms with Crippen molar-refractivity contribution in [3.63, 3.8) is 0 Å². The highest BCUT2D eigenvalue weighted by molar-refractivity contribution is 7.81. The van der Waals surface area contributed by atoms with Crippen LogP contribution in [0.5, 0.6) is 0 Å². The number of carbonyl (C=O) groups is 8. The van der Waals surface area contributed by atoms with Gasteiger partial charge in [-0.3, -0.25) is 37.4 Å². The van der Waals surface area contributed by atoms with Crippen molar-refractivity contribution in [2.45, 2.75) is 273 Å². The normalized spacial score (nSPS) is 42.7. The summed E-state index contributed by atoms with van der Waals surface area (Å²) in [6.45, 7) is -3.08. The lowest BCUT2D eigenvalue weighted by Crippen LogP contribution is -2.71. The molecule has 0 bridgehead atoms. The maximum absolute atomic E-state index is 13.3. The summed E-state index contributed by atoms with van der Waals surface area (Å²) >= 11 is 0. The van der Waals surface area contributed by atoms with Gasteiger partial charge in [0.1, 0.15) is 171 Å². The van der Waals surface area contributed by atoms with Gasteiger partial charge in [-0.1, -0.05) is 0 Å². The zero-order valence-electron chi connectivity index (χ0n) is 61.7. The molecule has 0 unspecified atom stereocenters. The maximum Gasteiger partial charge on any atom is 0.397 e. The highest BCUT2D eigenvalue weighted by Crippen LogP contribution is 2.40. The van der Waals surface area contributed by atoms with E-state index in [1.807, 2.05) is 5.32 Å². The van der Waals surface area contributed by atoms with Crippen LogP contribution in [0.2, 0.25) is 0 Å². The van der Waals surface area contributed by atoms with Crippen molar-refractivity contribution in [1.29, 1.82) is 0 Å². The monoisotopic (exact) mass is 1850 g/mol. The zero-order chi connectivity index (χ0) is 90.8. The Morgan fingerprint density at radius 3 is 0.694 bits per heavy atom. The van der Waals surface area contributed by atoms with Gasteiger partial charge in [0.15, 0.2) is 74.7 Å². The number of aliphatic carboxylic acids is 4. The predicted molar refractivity (Wildman–Crippen MR) is 355 cm³/mol.